The van der Waals surface area contributed by atoms with Gasteiger partial charge in [-0.05, 0) is 13.3 Å². The second-order valence-electron chi connectivity index (χ2n) is 2.37. The molecule has 1 aromatic heterocycles. The maximum Gasteiger partial charge on any atom is 0.169 e. The summed E-state index contributed by atoms with van der Waals surface area (Å²) in [5.41, 5.74) is 6.45. The van der Waals surface area contributed by atoms with E-state index in [1.807, 2.05) is 6.92 Å². The van der Waals surface area contributed by atoms with Crippen molar-refractivity contribution in [3.05, 3.63) is 11.3 Å². The Morgan fingerprint density at radius 1 is 1.60 bits per heavy atom. The summed E-state index contributed by atoms with van der Waals surface area (Å²) in [6.07, 6.45) is 1.99. The van der Waals surface area contributed by atoms with Gasteiger partial charge in [0.25, 0.3) is 0 Å². The minimum Gasteiger partial charge on any atom is -0.381 e. The van der Waals surface area contributed by atoms with E-state index in [0.717, 1.165) is 24.2 Å². The van der Waals surface area contributed by atoms with Crippen molar-refractivity contribution in [3.63, 3.8) is 0 Å². The van der Waals surface area contributed by atoms with E-state index in [1.54, 1.807) is 0 Å². The molecule has 2 N–H and O–H groups in total. The lowest BCUT2D eigenvalue weighted by Gasteiger charge is -1.90. The smallest absolute Gasteiger partial charge is 0.169 e. The third kappa shape index (κ3) is 1.12. The standard InChI is InChI=1S/C7H12N2O/c1-3-4-6-5(2)7(8)9-10-6/h3-4H2,1-2H3,(H2,8,9). The van der Waals surface area contributed by atoms with Crippen molar-refractivity contribution in [2.75, 3.05) is 5.73 Å². The molecule has 10 heavy (non-hydrogen) atoms. The highest BCUT2D eigenvalue weighted by molar-refractivity contribution is 5.38. The van der Waals surface area contributed by atoms with Gasteiger partial charge >= 0.3 is 0 Å². The zero-order valence-electron chi connectivity index (χ0n) is 6.35. The predicted molar refractivity (Wildman–Crippen MR) is 39.6 cm³/mol. The molecule has 0 aliphatic heterocycles. The van der Waals surface area contributed by atoms with Gasteiger partial charge < -0.3 is 10.3 Å². The van der Waals surface area contributed by atoms with E-state index in [1.165, 1.54) is 0 Å². The maximum absolute atomic E-state index is 5.47. The average Bonchev–Trinajstić information content (AvgIpc) is 2.20. The molecule has 0 unspecified atom stereocenters. The Hall–Kier alpha value is -0.990. The van der Waals surface area contributed by atoms with E-state index in [-0.39, 0.29) is 0 Å². The summed E-state index contributed by atoms with van der Waals surface area (Å²) in [5.74, 6) is 1.43. The first-order valence-corrected chi connectivity index (χ1v) is 3.46. The van der Waals surface area contributed by atoms with Crippen molar-refractivity contribution in [3.8, 4) is 0 Å². The minimum atomic E-state index is 0.517. The van der Waals surface area contributed by atoms with Gasteiger partial charge in [-0.2, -0.15) is 0 Å². The van der Waals surface area contributed by atoms with E-state index in [0.29, 0.717) is 5.82 Å². The number of aryl methyl sites for hydroxylation is 1. The van der Waals surface area contributed by atoms with Gasteiger partial charge in [-0.3, -0.25) is 0 Å². The molecule has 0 radical (unpaired) electrons. The number of aromatic nitrogens is 1. The number of nitrogen functional groups attached to an aromatic ring is 1. The van der Waals surface area contributed by atoms with Crippen LogP contribution in [0.15, 0.2) is 4.52 Å². The summed E-state index contributed by atoms with van der Waals surface area (Å²) in [6, 6.07) is 0. The van der Waals surface area contributed by atoms with Gasteiger partial charge in [-0.15, -0.1) is 0 Å². The molecule has 3 nitrogen and oxygen atoms in total. The fourth-order valence-electron chi connectivity index (χ4n) is 0.844. The lowest BCUT2D eigenvalue weighted by molar-refractivity contribution is 0.384. The zero-order chi connectivity index (χ0) is 7.56. The number of nitrogens with two attached hydrogens (primary N) is 1. The molecule has 0 aliphatic carbocycles. The first-order chi connectivity index (χ1) is 4.75. The second-order valence-corrected chi connectivity index (χ2v) is 2.37. The van der Waals surface area contributed by atoms with E-state index in [9.17, 15) is 0 Å². The molecule has 0 atom stereocenters. The van der Waals surface area contributed by atoms with Gasteiger partial charge in [0, 0.05) is 12.0 Å². The molecule has 1 aromatic rings. The Labute approximate surface area is 60.2 Å². The van der Waals surface area contributed by atoms with Crippen LogP contribution in [0.1, 0.15) is 24.7 Å². The number of nitrogens with zero attached hydrogens (tertiary/aromatic N) is 1. The van der Waals surface area contributed by atoms with Crippen LogP contribution in [0.2, 0.25) is 0 Å². The van der Waals surface area contributed by atoms with E-state index >= 15 is 0 Å². The van der Waals surface area contributed by atoms with Crippen LogP contribution in [0, 0.1) is 6.92 Å². The van der Waals surface area contributed by atoms with Gasteiger partial charge in [-0.25, -0.2) is 0 Å². The summed E-state index contributed by atoms with van der Waals surface area (Å²) in [5, 5.41) is 3.64. The van der Waals surface area contributed by atoms with E-state index < -0.39 is 0 Å². The molecule has 0 amide bonds. The predicted octanol–water partition coefficient (Wildman–Crippen LogP) is 1.52. The summed E-state index contributed by atoms with van der Waals surface area (Å²) >= 11 is 0. The summed E-state index contributed by atoms with van der Waals surface area (Å²) in [6.45, 7) is 4.02. The first-order valence-electron chi connectivity index (χ1n) is 3.46. The largest absolute Gasteiger partial charge is 0.381 e. The summed E-state index contributed by atoms with van der Waals surface area (Å²) in [4.78, 5) is 0. The van der Waals surface area contributed by atoms with E-state index in [4.69, 9.17) is 10.3 Å². The van der Waals surface area contributed by atoms with Crippen LogP contribution in [0.3, 0.4) is 0 Å². The maximum atomic E-state index is 5.47. The van der Waals surface area contributed by atoms with Crippen LogP contribution in [0.4, 0.5) is 5.82 Å². The highest BCUT2D eigenvalue weighted by Gasteiger charge is 2.06. The van der Waals surface area contributed by atoms with Gasteiger partial charge in [0.1, 0.15) is 5.76 Å². The molecule has 0 aliphatic rings. The molecule has 3 heteroatoms. The van der Waals surface area contributed by atoms with Crippen LogP contribution in [-0.4, -0.2) is 5.16 Å². The quantitative estimate of drug-likeness (QED) is 0.677. The molecule has 0 fully saturated rings. The Balaban J connectivity index is 2.83. The van der Waals surface area contributed by atoms with Crippen LogP contribution >= 0.6 is 0 Å². The van der Waals surface area contributed by atoms with Gasteiger partial charge in [0.2, 0.25) is 0 Å². The van der Waals surface area contributed by atoms with Crippen molar-refractivity contribution in [2.24, 2.45) is 0 Å². The molecule has 56 valence electrons. The lowest BCUT2D eigenvalue weighted by Crippen LogP contribution is -1.87. The minimum absolute atomic E-state index is 0.517. The van der Waals surface area contributed by atoms with Crippen LogP contribution in [0.25, 0.3) is 0 Å². The van der Waals surface area contributed by atoms with Crippen molar-refractivity contribution in [2.45, 2.75) is 26.7 Å². The van der Waals surface area contributed by atoms with Crippen molar-refractivity contribution in [1.82, 2.24) is 5.16 Å². The topological polar surface area (TPSA) is 52.0 Å². The van der Waals surface area contributed by atoms with Crippen LogP contribution in [0.5, 0.6) is 0 Å². The molecule has 1 rings (SSSR count). The monoisotopic (exact) mass is 140 g/mol. The Bertz CT molecular complexity index is 217. The third-order valence-corrected chi connectivity index (χ3v) is 1.53. The highest BCUT2D eigenvalue weighted by Crippen LogP contribution is 2.15. The molecular formula is C7H12N2O. The van der Waals surface area contributed by atoms with Gasteiger partial charge in [0.05, 0.1) is 0 Å². The Morgan fingerprint density at radius 2 is 2.30 bits per heavy atom. The normalized spacial score (nSPS) is 10.2. The van der Waals surface area contributed by atoms with E-state index in [2.05, 4.69) is 12.1 Å². The fourth-order valence-corrected chi connectivity index (χ4v) is 0.844. The van der Waals surface area contributed by atoms with Crippen molar-refractivity contribution < 1.29 is 4.52 Å². The number of hydrogen-bond donors (Lipinski definition) is 1. The Kier molecular flexibility index (Phi) is 1.94. The molecule has 0 bridgehead atoms. The SMILES string of the molecule is CCCc1onc(N)c1C. The lowest BCUT2D eigenvalue weighted by atomic mass is 10.2. The van der Waals surface area contributed by atoms with Crippen molar-refractivity contribution >= 4 is 5.82 Å². The molecule has 0 spiro atoms. The van der Waals surface area contributed by atoms with Gasteiger partial charge in [-0.1, -0.05) is 12.1 Å². The summed E-state index contributed by atoms with van der Waals surface area (Å²) < 4.78 is 4.96. The molecule has 0 aromatic carbocycles. The van der Waals surface area contributed by atoms with Crippen LogP contribution < -0.4 is 5.73 Å². The second kappa shape index (κ2) is 2.73. The fraction of sp³-hybridized carbons (Fsp3) is 0.571. The van der Waals surface area contributed by atoms with Crippen LogP contribution in [-0.2, 0) is 6.42 Å². The molecule has 1 heterocycles. The average molecular weight is 140 g/mol. The Morgan fingerprint density at radius 3 is 2.70 bits per heavy atom. The molecule has 0 saturated heterocycles. The number of anilines is 1. The highest BCUT2D eigenvalue weighted by atomic mass is 16.5. The first kappa shape index (κ1) is 7.12. The summed E-state index contributed by atoms with van der Waals surface area (Å²) in [7, 11) is 0. The number of hydrogen-bond acceptors (Lipinski definition) is 3. The molecule has 0 saturated carbocycles. The van der Waals surface area contributed by atoms with Crippen molar-refractivity contribution in [1.29, 1.82) is 0 Å². The molecular weight excluding hydrogens is 128 g/mol. The zero-order valence-corrected chi connectivity index (χ0v) is 6.35. The van der Waals surface area contributed by atoms with Gasteiger partial charge in [0.15, 0.2) is 5.82 Å². The third-order valence-electron chi connectivity index (χ3n) is 1.53. The number of rotatable bonds is 2.